The monoisotopic (exact) mass is 2710 g/mol. The number of Topliss-reactive ketones (excluding diaryl/α,β-unsaturated/α-hetero) is 1. The van der Waals surface area contributed by atoms with Crippen LogP contribution in [0.3, 0.4) is 0 Å². The summed E-state index contributed by atoms with van der Waals surface area (Å²) in [5.41, 5.74) is 11.3. The molecule has 4 aromatic rings. The molecular weight excluding hydrogens is 2670 g/mol. The molecule has 0 saturated carbocycles. The fourth-order valence-electron chi connectivity index (χ4n) is 4.39. The van der Waals surface area contributed by atoms with Crippen molar-refractivity contribution in [1.29, 1.82) is 0 Å². The van der Waals surface area contributed by atoms with Crippen LogP contribution in [0.5, 0.6) is 0 Å². The number of halogens is 2. The third kappa shape index (κ3) is 249. The number of anilines is 3. The molecule has 0 fully saturated rings. The number of methoxy groups -OCH3 is 2. The molecule has 0 aliphatic carbocycles. The standard InChI is InChI=1S/C20H20FNO2.C16H15FN2.C3H6O3.CH4.52K/c1-3-12-22(14-17-4-8-18(21)9-5-17)19-10-6-16(7-11-19)13-20(23)15-24-2;1-2-11-19(16-9-7-15(18)8-10-16)12-13-3-5-14(17)6-4-13;1-6-2-3(4)5;;;;;;;;;;;;;;;;;;;;;;;;;;;;;;;;;;;;;;;;;;;;;;;;;;;;;/h1,4-11H,12-15H2,2H3;1,3-10H,11-12,18H2;2H2,1H3,(H,4,5);1H4;;;;;;;;;;;;;;;;;;;;;;;;;;;;;;;;;;;;;;;;;;;;;;;;;;;;. The van der Waals surface area contributed by atoms with Gasteiger partial charge in [0.05, 0.1) is 13.1 Å². The van der Waals surface area contributed by atoms with Crippen molar-refractivity contribution >= 4 is 1670 Å². The van der Waals surface area contributed by atoms with Gasteiger partial charge in [-0.05, 0) is 77.4 Å². The summed E-state index contributed by atoms with van der Waals surface area (Å²) < 4.78 is 34.9. The Bertz CT molecular complexity index is 1750. The molecular formula is C40H45F2K52N3O5. The van der Waals surface area contributed by atoms with E-state index in [0.717, 1.165) is 28.1 Å². The molecule has 4 aromatic carbocycles. The molecule has 3 N–H and O–H groups in total. The van der Waals surface area contributed by atoms with Gasteiger partial charge in [0.1, 0.15) is 24.8 Å². The van der Waals surface area contributed by atoms with Crippen molar-refractivity contribution in [3.8, 4) is 24.7 Å². The minimum atomic E-state index is -0.933. The van der Waals surface area contributed by atoms with Crippen LogP contribution in [0.15, 0.2) is 97.1 Å². The van der Waals surface area contributed by atoms with Crippen molar-refractivity contribution in [3.63, 3.8) is 0 Å². The Balaban J connectivity index is -0.0000000277. The molecule has 0 radical (unpaired) electrons. The average molecular weight is 2720 g/mol. The van der Waals surface area contributed by atoms with Gasteiger partial charge < -0.3 is 30.1 Å². The van der Waals surface area contributed by atoms with E-state index in [0.29, 0.717) is 38.3 Å². The number of hydrogen-bond donors (Lipinski definition) is 2. The number of hydrogen-bond acceptors (Lipinski definition) is 7. The van der Waals surface area contributed by atoms with Gasteiger partial charge in [-0.3, -0.25) is 4.79 Å². The third-order valence-electron chi connectivity index (χ3n) is 6.67. The van der Waals surface area contributed by atoms with Gasteiger partial charge in [-0.15, -0.1) is 12.8 Å². The van der Waals surface area contributed by atoms with Crippen LogP contribution in [0.4, 0.5) is 25.8 Å². The van der Waals surface area contributed by atoms with Crippen LogP contribution in [0.2, 0.25) is 0 Å². The van der Waals surface area contributed by atoms with Crippen molar-refractivity contribution in [3.05, 3.63) is 125 Å². The van der Waals surface area contributed by atoms with Crippen molar-refractivity contribution in [2.75, 3.05) is 56.1 Å². The van der Waals surface area contributed by atoms with Gasteiger partial charge in [-0.1, -0.05) is 55.7 Å². The summed E-state index contributed by atoms with van der Waals surface area (Å²) in [5, 5.41) is 7.79. The van der Waals surface area contributed by atoms with Crippen LogP contribution < -0.4 is 15.5 Å². The summed E-state index contributed by atoms with van der Waals surface area (Å²) >= 11 is 65.0. The second-order valence-corrected chi connectivity index (χ2v) is 10.6. The molecule has 62 heteroatoms. The number of benzene rings is 4. The van der Waals surface area contributed by atoms with E-state index in [9.17, 15) is 18.4 Å². The summed E-state index contributed by atoms with van der Waals surface area (Å²) in [4.78, 5) is 25.1. The Morgan fingerprint density at radius 3 is 0.706 bits per heavy atom. The molecule has 4 rings (SSSR count). The number of carboxylic acids is 1. The van der Waals surface area contributed by atoms with Crippen LogP contribution in [-0.2, 0) is 38.6 Å². The van der Waals surface area contributed by atoms with Crippen LogP contribution in [0.1, 0.15) is 24.1 Å². The van der Waals surface area contributed by atoms with Gasteiger partial charge in [-0.25, -0.2) is 13.6 Å². The molecule has 316 valence electrons. The zero-order chi connectivity index (χ0) is 88.0. The molecule has 8 nitrogen and oxygen atoms in total. The van der Waals surface area contributed by atoms with E-state index >= 15 is 0 Å². The van der Waals surface area contributed by atoms with Crippen LogP contribution >= 0.6 is 0 Å². The first-order valence-corrected chi connectivity index (χ1v) is 457. The Morgan fingerprint density at radius 1 is 0.353 bits per heavy atom. The molecule has 0 amide bonds. The maximum atomic E-state index is 13.0. The van der Waals surface area contributed by atoms with Gasteiger partial charge in [-0.2, -0.15) is 0 Å². The zero-order valence-corrected chi connectivity index (χ0v) is 242. The summed E-state index contributed by atoms with van der Waals surface area (Å²) in [6.45, 7) is 2.07. The topological polar surface area (TPSA) is 105 Å². The van der Waals surface area contributed by atoms with Gasteiger partial charge in [0.25, 0.3) is 0 Å². The number of carboxylic acid groups (broad SMARTS) is 1. The maximum absolute atomic E-state index is 13.0. The molecule has 0 aromatic heterocycles. The van der Waals surface area contributed by atoms with Gasteiger partial charge in [0, 0.05) is 50.8 Å². The van der Waals surface area contributed by atoms with E-state index in [1.54, 1.807) is 24.3 Å². The number of carbonyl (C=O) groups is 2. The van der Waals surface area contributed by atoms with Gasteiger partial charge in [0.2, 0.25) is 0 Å². The molecule has 0 atom stereocenters. The van der Waals surface area contributed by atoms with E-state index in [4.69, 9.17) is 28.4 Å². The normalized spacial score (nSPS) is 6.76. The number of nitrogens with two attached hydrogens (primary N) is 1. The molecule has 0 aliphatic heterocycles. The zero-order valence-electron chi connectivity index (χ0n) is 79.6. The predicted molar refractivity (Wildman–Crippen MR) is 496 cm³/mol. The summed E-state index contributed by atoms with van der Waals surface area (Å²) in [6.07, 6.45) is 11.2. The number of ketones is 1. The van der Waals surface area contributed by atoms with E-state index in [2.05, 4.69) is 16.6 Å². The number of rotatable bonds is 14. The second kappa shape index (κ2) is 286. The Morgan fingerprint density at radius 2 is 0.539 bits per heavy atom. The first-order valence-electron chi connectivity index (χ1n) is 41.1. The summed E-state index contributed by atoms with van der Waals surface area (Å²) in [5.74, 6) is 3.89. The fourth-order valence-corrected chi connectivity index (χ4v) is 4.39. The second-order valence-electron chi connectivity index (χ2n) is 10.6. The Hall–Kier alpha value is 79.4. The molecule has 0 unspecified atom stereocenters. The van der Waals surface area contributed by atoms with Gasteiger partial charge in [0.15, 0.2) is 5.78 Å². The number of nitrogens with zero attached hydrogens (tertiary/aromatic N) is 2. The number of carbonyl (C=O) groups excluding carboxylic acids is 1. The van der Waals surface area contributed by atoms with E-state index in [1.807, 2.05) is 58.3 Å². The van der Waals surface area contributed by atoms with E-state index in [-0.39, 0.29) is 38.1 Å². The van der Waals surface area contributed by atoms with E-state index in [1.165, 1.54) is 1680 Å². The van der Waals surface area contributed by atoms with Crippen molar-refractivity contribution in [2.24, 2.45) is 0 Å². The molecule has 0 spiro atoms. The van der Waals surface area contributed by atoms with Crippen molar-refractivity contribution < 1.29 is 33.0 Å². The first-order chi connectivity index (χ1) is 49.6. The number of ether oxygens (including phenoxy) is 2. The predicted octanol–water partition coefficient (Wildman–Crippen LogP) is -13.2. The molecule has 0 heterocycles. The summed E-state index contributed by atoms with van der Waals surface area (Å²) in [7, 11) is 2.85. The SMILES string of the molecule is C.C#CCN(Cc1ccc(F)cc1)c1ccc(CC(=O)COC)cc1.C#CCN(Cc1ccc(F)cc1)c1ccc(N)cc1.COCC(=O)O.[K][K].[K][K].[K][K].[K][K].[K][K].[K][K].[K][K].[K][K].[K][K].[K][K].[K][K].[K][K].[K][K].[K][K].[K][K].[K][K].[K][K].[K][K].[K][K].[K][K].[K][K].[K][K].[K][K].[K][K].[K][K].[K][K]. The quantitative estimate of drug-likeness (QED) is 0.0731. The molecule has 102 heavy (non-hydrogen) atoms. The van der Waals surface area contributed by atoms with Gasteiger partial charge >= 0.3 is 1650 Å². The van der Waals surface area contributed by atoms with Crippen LogP contribution in [0.25, 0.3) is 0 Å². The molecule has 0 bridgehead atoms. The number of nitrogen functional groups attached to an aromatic ring is 1. The fraction of sp³-hybridized carbons (Fsp3) is 0.250. The van der Waals surface area contributed by atoms with Crippen molar-refractivity contribution in [1.82, 2.24) is 0 Å². The first kappa shape index (κ1) is 244. The minimum absolute atomic E-state index is 0. The van der Waals surface area contributed by atoms with E-state index < -0.39 is 5.97 Å². The Labute approximate surface area is 1810 Å². The number of aliphatic carboxylic acids is 1. The average Bonchev–Trinajstić information content (AvgIpc) is 0.872. The summed E-state index contributed by atoms with van der Waals surface area (Å²) in [6, 6.07) is 28.0. The van der Waals surface area contributed by atoms with Crippen LogP contribution in [-0.4, -0.2) is 1700 Å². The van der Waals surface area contributed by atoms with Crippen LogP contribution in [0, 0.1) is 36.3 Å². The molecule has 0 aliphatic rings. The Kier molecular flexibility index (Phi) is 686. The van der Waals surface area contributed by atoms with Crippen molar-refractivity contribution in [2.45, 2.75) is 26.9 Å². The third-order valence-corrected chi connectivity index (χ3v) is 6.67. The molecule has 0 saturated heterocycles. The number of terminal acetylenes is 2.